The Labute approximate surface area is 138 Å². The minimum Gasteiger partial charge on any atom is -0.494 e. The molecule has 0 amide bonds. The van der Waals surface area contributed by atoms with Crippen molar-refractivity contribution >= 4 is 59.4 Å². The first-order valence-corrected chi connectivity index (χ1v) is 8.03. The van der Waals surface area contributed by atoms with Crippen molar-refractivity contribution in [1.29, 1.82) is 0 Å². The van der Waals surface area contributed by atoms with Gasteiger partial charge in [-0.2, -0.15) is 0 Å². The Kier molecular flexibility index (Phi) is 3.88. The van der Waals surface area contributed by atoms with Gasteiger partial charge in [0.1, 0.15) is 23.0 Å². The first-order chi connectivity index (χ1) is 10.5. The highest BCUT2D eigenvalue weighted by Gasteiger charge is 2.19. The van der Waals surface area contributed by atoms with Crippen molar-refractivity contribution in [3.8, 4) is 5.75 Å². The normalized spacial score (nSPS) is 12.5. The standard InChI is InChI=1S/C14H12BrN3O3S/c1-6(14(19)20)18-12-9-7-3-4-8(15)10(21-2)11(7)22-13(9)17-5-16-12/h3-6H,1-2H3,(H,19,20)(H,16,17,18). The second kappa shape index (κ2) is 5.69. The van der Waals surface area contributed by atoms with Gasteiger partial charge in [0.2, 0.25) is 0 Å². The Hall–Kier alpha value is -1.93. The summed E-state index contributed by atoms with van der Waals surface area (Å²) in [6, 6.07) is 3.09. The molecule has 1 atom stereocenters. The number of hydrogen-bond donors (Lipinski definition) is 2. The number of rotatable bonds is 4. The molecule has 0 radical (unpaired) electrons. The molecule has 1 unspecified atom stereocenters. The minimum atomic E-state index is -0.938. The van der Waals surface area contributed by atoms with Gasteiger partial charge in [0.15, 0.2) is 5.75 Å². The molecular formula is C14H12BrN3O3S. The molecule has 0 aliphatic heterocycles. The Balaban J connectivity index is 2.27. The van der Waals surface area contributed by atoms with Crippen molar-refractivity contribution < 1.29 is 14.6 Å². The van der Waals surface area contributed by atoms with Gasteiger partial charge in [-0.05, 0) is 28.9 Å². The summed E-state index contributed by atoms with van der Waals surface area (Å²) < 4.78 is 7.25. The number of carboxylic acid groups (broad SMARTS) is 1. The summed E-state index contributed by atoms with van der Waals surface area (Å²) in [5.74, 6) is 0.305. The molecule has 0 saturated heterocycles. The van der Waals surface area contributed by atoms with Gasteiger partial charge in [-0.3, -0.25) is 4.79 Å². The zero-order valence-electron chi connectivity index (χ0n) is 11.8. The minimum absolute atomic E-state index is 0.510. The summed E-state index contributed by atoms with van der Waals surface area (Å²) in [6.45, 7) is 1.57. The van der Waals surface area contributed by atoms with Gasteiger partial charge >= 0.3 is 5.97 Å². The molecule has 6 nitrogen and oxygen atoms in total. The lowest BCUT2D eigenvalue weighted by Crippen LogP contribution is -2.25. The predicted molar refractivity (Wildman–Crippen MR) is 89.9 cm³/mol. The molecule has 22 heavy (non-hydrogen) atoms. The fourth-order valence-electron chi connectivity index (χ4n) is 2.19. The van der Waals surface area contributed by atoms with Crippen LogP contribution in [0, 0.1) is 0 Å². The molecule has 2 N–H and O–H groups in total. The van der Waals surface area contributed by atoms with Gasteiger partial charge in [-0.1, -0.05) is 6.07 Å². The Morgan fingerprint density at radius 1 is 1.45 bits per heavy atom. The van der Waals surface area contributed by atoms with Crippen LogP contribution in [0.15, 0.2) is 22.9 Å². The molecule has 0 bridgehead atoms. The van der Waals surface area contributed by atoms with Crippen LogP contribution in [0.25, 0.3) is 20.3 Å². The average Bonchev–Trinajstić information content (AvgIpc) is 2.86. The number of nitrogens with one attached hydrogen (secondary N) is 1. The van der Waals surface area contributed by atoms with Gasteiger partial charge in [-0.15, -0.1) is 11.3 Å². The number of aromatic nitrogens is 2. The fourth-order valence-corrected chi connectivity index (χ4v) is 3.98. The molecule has 2 aromatic heterocycles. The number of hydrogen-bond acceptors (Lipinski definition) is 6. The van der Waals surface area contributed by atoms with Crippen LogP contribution in [0.3, 0.4) is 0 Å². The van der Waals surface area contributed by atoms with E-state index in [1.54, 1.807) is 14.0 Å². The maximum Gasteiger partial charge on any atom is 0.325 e. The van der Waals surface area contributed by atoms with E-state index in [2.05, 4.69) is 31.2 Å². The molecule has 3 aromatic rings. The monoisotopic (exact) mass is 381 g/mol. The van der Waals surface area contributed by atoms with Crippen molar-refractivity contribution in [3.63, 3.8) is 0 Å². The Bertz CT molecular complexity index is 881. The van der Waals surface area contributed by atoms with E-state index >= 15 is 0 Å². The van der Waals surface area contributed by atoms with Gasteiger partial charge in [0.25, 0.3) is 0 Å². The van der Waals surface area contributed by atoms with Crippen LogP contribution in [-0.2, 0) is 4.79 Å². The molecule has 3 rings (SSSR count). The molecule has 8 heteroatoms. The number of carbonyl (C=O) groups is 1. The van der Waals surface area contributed by atoms with Gasteiger partial charge in [0, 0.05) is 5.39 Å². The number of carboxylic acids is 1. The molecule has 0 saturated carbocycles. The maximum absolute atomic E-state index is 11.1. The van der Waals surface area contributed by atoms with E-state index in [9.17, 15) is 4.79 Å². The van der Waals surface area contributed by atoms with E-state index in [4.69, 9.17) is 9.84 Å². The first-order valence-electron chi connectivity index (χ1n) is 6.42. The zero-order valence-corrected chi connectivity index (χ0v) is 14.2. The largest absolute Gasteiger partial charge is 0.494 e. The highest BCUT2D eigenvalue weighted by molar-refractivity contribution is 9.10. The fraction of sp³-hybridized carbons (Fsp3) is 0.214. The second-order valence-corrected chi connectivity index (χ2v) is 6.52. The average molecular weight is 382 g/mol. The molecule has 0 aliphatic rings. The summed E-state index contributed by atoms with van der Waals surface area (Å²) in [7, 11) is 1.61. The van der Waals surface area contributed by atoms with Crippen molar-refractivity contribution in [3.05, 3.63) is 22.9 Å². The third-order valence-electron chi connectivity index (χ3n) is 3.27. The molecular weight excluding hydrogens is 370 g/mol. The number of fused-ring (bicyclic) bond motifs is 3. The Morgan fingerprint density at radius 3 is 2.91 bits per heavy atom. The SMILES string of the molecule is COc1c(Br)ccc2c1sc1ncnc(NC(C)C(=O)O)c12. The molecule has 0 aliphatic carbocycles. The van der Waals surface area contributed by atoms with Crippen molar-refractivity contribution in [1.82, 2.24) is 9.97 Å². The third-order valence-corrected chi connectivity index (χ3v) is 5.01. The molecule has 0 spiro atoms. The van der Waals surface area contributed by atoms with E-state index in [-0.39, 0.29) is 0 Å². The number of ether oxygens (including phenoxy) is 1. The lowest BCUT2D eigenvalue weighted by molar-refractivity contribution is -0.137. The number of aliphatic carboxylic acids is 1. The number of methoxy groups -OCH3 is 1. The van der Waals surface area contributed by atoms with Crippen molar-refractivity contribution in [2.45, 2.75) is 13.0 Å². The van der Waals surface area contributed by atoms with Crippen molar-refractivity contribution in [2.24, 2.45) is 0 Å². The van der Waals surface area contributed by atoms with Gasteiger partial charge in [0.05, 0.1) is 21.7 Å². The van der Waals surface area contributed by atoms with Crippen molar-refractivity contribution in [2.75, 3.05) is 12.4 Å². The molecule has 114 valence electrons. The van der Waals surface area contributed by atoms with E-state index in [1.807, 2.05) is 12.1 Å². The van der Waals surface area contributed by atoms with Crippen LogP contribution >= 0.6 is 27.3 Å². The first kappa shape index (κ1) is 15.0. The van der Waals surface area contributed by atoms with Crippen LogP contribution in [0.5, 0.6) is 5.75 Å². The third kappa shape index (κ3) is 2.38. The number of nitrogens with zero attached hydrogens (tertiary/aromatic N) is 2. The van der Waals surface area contributed by atoms with Gasteiger partial charge < -0.3 is 15.2 Å². The molecule has 1 aromatic carbocycles. The quantitative estimate of drug-likeness (QED) is 0.719. The summed E-state index contributed by atoms with van der Waals surface area (Å²) >= 11 is 4.95. The number of benzene rings is 1. The number of anilines is 1. The van der Waals surface area contributed by atoms with Crippen LogP contribution in [0.2, 0.25) is 0 Å². The van der Waals surface area contributed by atoms with Crippen LogP contribution < -0.4 is 10.1 Å². The lowest BCUT2D eigenvalue weighted by Gasteiger charge is -2.10. The Morgan fingerprint density at radius 2 is 2.23 bits per heavy atom. The highest BCUT2D eigenvalue weighted by Crippen LogP contribution is 2.43. The van der Waals surface area contributed by atoms with Crippen LogP contribution in [0.1, 0.15) is 6.92 Å². The molecule has 0 fully saturated rings. The zero-order chi connectivity index (χ0) is 15.9. The van der Waals surface area contributed by atoms with E-state index < -0.39 is 12.0 Å². The second-order valence-electron chi connectivity index (χ2n) is 4.67. The van der Waals surface area contributed by atoms with Crippen LogP contribution in [-0.4, -0.2) is 34.2 Å². The van der Waals surface area contributed by atoms with E-state index in [0.717, 1.165) is 30.5 Å². The summed E-state index contributed by atoms with van der Waals surface area (Å²) in [5, 5.41) is 13.7. The number of thiophene rings is 1. The summed E-state index contributed by atoms with van der Waals surface area (Å²) in [4.78, 5) is 20.3. The van der Waals surface area contributed by atoms with E-state index in [1.165, 1.54) is 17.7 Å². The van der Waals surface area contributed by atoms with Crippen LogP contribution in [0.4, 0.5) is 5.82 Å². The summed E-state index contributed by atoms with van der Waals surface area (Å²) in [5.41, 5.74) is 0. The molecule has 2 heterocycles. The smallest absolute Gasteiger partial charge is 0.325 e. The highest BCUT2D eigenvalue weighted by atomic mass is 79.9. The predicted octanol–water partition coefficient (Wildman–Crippen LogP) is 3.50. The summed E-state index contributed by atoms with van der Waals surface area (Å²) in [6.07, 6.45) is 1.43. The van der Waals surface area contributed by atoms with Gasteiger partial charge in [-0.25, -0.2) is 9.97 Å². The number of halogens is 1. The maximum atomic E-state index is 11.1. The lowest BCUT2D eigenvalue weighted by atomic mass is 10.2. The van der Waals surface area contributed by atoms with E-state index in [0.29, 0.717) is 5.82 Å². The topological polar surface area (TPSA) is 84.3 Å².